The monoisotopic (exact) mass is 156 g/mol. The van der Waals surface area contributed by atoms with Gasteiger partial charge < -0.3 is 9.84 Å². The summed E-state index contributed by atoms with van der Waals surface area (Å²) in [5, 5.41) is 8.62. The molecule has 0 aliphatic rings. The minimum absolute atomic E-state index is 0.0476. The number of hydrogen-bond donors (Lipinski definition) is 1. The average Bonchev–Trinajstić information content (AvgIpc) is 1.86. The highest BCUT2D eigenvalue weighted by Gasteiger charge is 1.96. The summed E-state index contributed by atoms with van der Waals surface area (Å²) in [5.74, 6) is -0.569. The van der Waals surface area contributed by atoms with Gasteiger partial charge >= 0.3 is 5.97 Å². The van der Waals surface area contributed by atoms with E-state index in [1.165, 1.54) is 6.92 Å². The number of carbonyl (C=O) groups excluding carboxylic acids is 1. The SMILES string of the molecule is C=CCCOC(=O)C=C(C)O. The first kappa shape index (κ1) is 9.75. The van der Waals surface area contributed by atoms with Gasteiger partial charge in [0.2, 0.25) is 0 Å². The highest BCUT2D eigenvalue weighted by Crippen LogP contribution is 1.89. The van der Waals surface area contributed by atoms with Gasteiger partial charge in [0, 0.05) is 0 Å². The molecule has 3 heteroatoms. The molecule has 0 radical (unpaired) electrons. The molecule has 0 bridgehead atoms. The Hall–Kier alpha value is -1.25. The standard InChI is InChI=1S/C8H12O3/c1-3-4-5-11-8(10)6-7(2)9/h3,6,9H,1,4-5H2,2H3. The van der Waals surface area contributed by atoms with Crippen LogP contribution in [-0.4, -0.2) is 17.7 Å². The van der Waals surface area contributed by atoms with Crippen LogP contribution in [0.3, 0.4) is 0 Å². The van der Waals surface area contributed by atoms with Crippen LogP contribution in [0.15, 0.2) is 24.5 Å². The molecular formula is C8H12O3. The van der Waals surface area contributed by atoms with Gasteiger partial charge in [-0.25, -0.2) is 4.79 Å². The van der Waals surface area contributed by atoms with Crippen molar-refractivity contribution < 1.29 is 14.6 Å². The molecule has 11 heavy (non-hydrogen) atoms. The van der Waals surface area contributed by atoms with E-state index in [9.17, 15) is 4.79 Å². The number of allylic oxidation sites excluding steroid dienone is 1. The van der Waals surface area contributed by atoms with E-state index < -0.39 is 5.97 Å². The summed E-state index contributed by atoms with van der Waals surface area (Å²) in [6.45, 7) is 5.19. The Morgan fingerprint density at radius 2 is 2.36 bits per heavy atom. The Morgan fingerprint density at radius 1 is 1.73 bits per heavy atom. The lowest BCUT2D eigenvalue weighted by atomic mass is 10.4. The molecule has 0 amide bonds. The summed E-state index contributed by atoms with van der Waals surface area (Å²) < 4.78 is 4.65. The summed E-state index contributed by atoms with van der Waals surface area (Å²) in [7, 11) is 0. The van der Waals surface area contributed by atoms with E-state index in [1.807, 2.05) is 0 Å². The van der Waals surface area contributed by atoms with Crippen LogP contribution >= 0.6 is 0 Å². The lowest BCUT2D eigenvalue weighted by Gasteiger charge is -1.97. The van der Waals surface area contributed by atoms with E-state index in [2.05, 4.69) is 11.3 Å². The number of carbonyl (C=O) groups is 1. The van der Waals surface area contributed by atoms with E-state index in [4.69, 9.17) is 5.11 Å². The van der Waals surface area contributed by atoms with E-state index in [0.29, 0.717) is 13.0 Å². The normalized spacial score (nSPS) is 10.8. The Morgan fingerprint density at radius 3 is 2.82 bits per heavy atom. The summed E-state index contributed by atoms with van der Waals surface area (Å²) >= 11 is 0. The van der Waals surface area contributed by atoms with E-state index >= 15 is 0 Å². The maximum atomic E-state index is 10.6. The Labute approximate surface area is 66.0 Å². The first-order valence-corrected chi connectivity index (χ1v) is 3.31. The minimum atomic E-state index is -0.521. The van der Waals surface area contributed by atoms with Crippen LogP contribution in [0.25, 0.3) is 0 Å². The van der Waals surface area contributed by atoms with Crippen LogP contribution in [0.2, 0.25) is 0 Å². The third-order valence-electron chi connectivity index (χ3n) is 0.893. The summed E-state index contributed by atoms with van der Waals surface area (Å²) in [6, 6.07) is 0. The molecule has 0 spiro atoms. The molecule has 0 unspecified atom stereocenters. The number of ether oxygens (including phenoxy) is 1. The molecule has 0 aliphatic heterocycles. The largest absolute Gasteiger partial charge is 0.512 e. The van der Waals surface area contributed by atoms with Gasteiger partial charge in [-0.05, 0) is 13.3 Å². The van der Waals surface area contributed by atoms with Gasteiger partial charge in [-0.1, -0.05) is 6.08 Å². The molecule has 3 nitrogen and oxygen atoms in total. The molecule has 62 valence electrons. The Bertz CT molecular complexity index is 166. The molecule has 0 saturated heterocycles. The van der Waals surface area contributed by atoms with Crippen molar-refractivity contribution in [2.24, 2.45) is 0 Å². The summed E-state index contributed by atoms with van der Waals surface area (Å²) in [4.78, 5) is 10.6. The Balaban J connectivity index is 3.53. The minimum Gasteiger partial charge on any atom is -0.512 e. The Kier molecular flexibility index (Phi) is 4.90. The number of rotatable bonds is 4. The fourth-order valence-electron chi connectivity index (χ4n) is 0.455. The molecule has 0 atom stereocenters. The molecular weight excluding hydrogens is 144 g/mol. The summed E-state index contributed by atoms with van der Waals surface area (Å²) in [5.41, 5.74) is 0. The second-order valence-corrected chi connectivity index (χ2v) is 2.03. The first-order chi connectivity index (χ1) is 5.16. The second kappa shape index (κ2) is 5.53. The van der Waals surface area contributed by atoms with Gasteiger partial charge in [0.25, 0.3) is 0 Å². The molecule has 0 fully saturated rings. The van der Waals surface area contributed by atoms with Gasteiger partial charge in [-0.3, -0.25) is 0 Å². The van der Waals surface area contributed by atoms with Crippen LogP contribution in [0, 0.1) is 0 Å². The zero-order valence-electron chi connectivity index (χ0n) is 6.54. The van der Waals surface area contributed by atoms with Gasteiger partial charge in [-0.15, -0.1) is 6.58 Å². The van der Waals surface area contributed by atoms with Crippen molar-refractivity contribution in [1.82, 2.24) is 0 Å². The number of aliphatic hydroxyl groups is 1. The van der Waals surface area contributed by atoms with Gasteiger partial charge in [0.15, 0.2) is 0 Å². The van der Waals surface area contributed by atoms with E-state index in [1.54, 1.807) is 6.08 Å². The topological polar surface area (TPSA) is 46.5 Å². The molecule has 0 aromatic carbocycles. The molecule has 0 aromatic rings. The molecule has 1 N–H and O–H groups in total. The lowest BCUT2D eigenvalue weighted by molar-refractivity contribution is -0.137. The quantitative estimate of drug-likeness (QED) is 0.221. The first-order valence-electron chi connectivity index (χ1n) is 3.31. The predicted octanol–water partition coefficient (Wildman–Crippen LogP) is 1.57. The fourth-order valence-corrected chi connectivity index (χ4v) is 0.455. The maximum absolute atomic E-state index is 10.6. The van der Waals surface area contributed by atoms with E-state index in [-0.39, 0.29) is 5.76 Å². The van der Waals surface area contributed by atoms with Crippen LogP contribution in [0.1, 0.15) is 13.3 Å². The van der Waals surface area contributed by atoms with Gasteiger partial charge in [0.05, 0.1) is 18.4 Å². The second-order valence-electron chi connectivity index (χ2n) is 2.03. The van der Waals surface area contributed by atoms with Crippen LogP contribution in [0.5, 0.6) is 0 Å². The van der Waals surface area contributed by atoms with Crippen LogP contribution < -0.4 is 0 Å². The van der Waals surface area contributed by atoms with Crippen LogP contribution in [0.4, 0.5) is 0 Å². The van der Waals surface area contributed by atoms with Crippen LogP contribution in [-0.2, 0) is 9.53 Å². The van der Waals surface area contributed by atoms with Crippen molar-refractivity contribution in [3.63, 3.8) is 0 Å². The highest BCUT2D eigenvalue weighted by atomic mass is 16.5. The van der Waals surface area contributed by atoms with Crippen molar-refractivity contribution in [3.8, 4) is 0 Å². The number of aliphatic hydroxyl groups excluding tert-OH is 1. The molecule has 0 saturated carbocycles. The van der Waals surface area contributed by atoms with Crippen molar-refractivity contribution in [1.29, 1.82) is 0 Å². The van der Waals surface area contributed by atoms with Crippen molar-refractivity contribution >= 4 is 5.97 Å². The van der Waals surface area contributed by atoms with Crippen molar-refractivity contribution in [2.75, 3.05) is 6.61 Å². The average molecular weight is 156 g/mol. The van der Waals surface area contributed by atoms with Gasteiger partial charge in [-0.2, -0.15) is 0 Å². The zero-order valence-corrected chi connectivity index (χ0v) is 6.54. The smallest absolute Gasteiger partial charge is 0.334 e. The fraction of sp³-hybridized carbons (Fsp3) is 0.375. The lowest BCUT2D eigenvalue weighted by Crippen LogP contribution is -2.02. The maximum Gasteiger partial charge on any atom is 0.334 e. The van der Waals surface area contributed by atoms with Crippen molar-refractivity contribution in [3.05, 3.63) is 24.5 Å². The summed E-state index contributed by atoms with van der Waals surface area (Å²) in [6.07, 6.45) is 3.32. The molecule has 0 aromatic heterocycles. The van der Waals surface area contributed by atoms with Crippen molar-refractivity contribution in [2.45, 2.75) is 13.3 Å². The zero-order chi connectivity index (χ0) is 8.69. The third-order valence-corrected chi connectivity index (χ3v) is 0.893. The third kappa shape index (κ3) is 6.64. The van der Waals surface area contributed by atoms with E-state index in [0.717, 1.165) is 6.08 Å². The number of hydrogen-bond acceptors (Lipinski definition) is 3. The molecule has 0 heterocycles. The number of esters is 1. The molecule has 0 rings (SSSR count). The highest BCUT2D eigenvalue weighted by molar-refractivity contribution is 5.82. The van der Waals surface area contributed by atoms with Gasteiger partial charge in [0.1, 0.15) is 0 Å². The molecule has 0 aliphatic carbocycles. The predicted molar refractivity (Wildman–Crippen MR) is 42.2 cm³/mol.